The van der Waals surface area contributed by atoms with Crippen molar-refractivity contribution in [1.82, 2.24) is 0 Å². The quantitative estimate of drug-likeness (QED) is 0.854. The number of carbonyl (C=O) groups is 1. The van der Waals surface area contributed by atoms with E-state index in [-0.39, 0.29) is 17.3 Å². The van der Waals surface area contributed by atoms with Gasteiger partial charge in [-0.15, -0.1) is 0 Å². The maximum absolute atomic E-state index is 13.3. The van der Waals surface area contributed by atoms with Gasteiger partial charge in [-0.2, -0.15) is 5.26 Å². The molecule has 21 heavy (non-hydrogen) atoms. The number of hydrogen-bond donors (Lipinski definition) is 0. The molecule has 4 heteroatoms. The van der Waals surface area contributed by atoms with Gasteiger partial charge in [-0.3, -0.25) is 4.79 Å². The second-order valence-electron chi connectivity index (χ2n) is 6.68. The van der Waals surface area contributed by atoms with Gasteiger partial charge in [0.1, 0.15) is 17.6 Å². The Morgan fingerprint density at radius 2 is 1.71 bits per heavy atom. The zero-order valence-electron chi connectivity index (χ0n) is 11.4. The standard InChI is InChI=1S/C17H15F2NO/c18-11-4-10(5-12(19)6-11)13(7-20)17(21)16-14-8-1-2-9(3-8)15(14)16/h4-6,8-9,13-16H,1-3H2. The largest absolute Gasteiger partial charge is 0.298 e. The summed E-state index contributed by atoms with van der Waals surface area (Å²) in [6, 6.07) is 4.91. The van der Waals surface area contributed by atoms with E-state index >= 15 is 0 Å². The third kappa shape index (κ3) is 1.83. The number of ketones is 1. The molecule has 0 spiro atoms. The van der Waals surface area contributed by atoms with Crippen molar-refractivity contribution in [1.29, 1.82) is 5.26 Å². The van der Waals surface area contributed by atoms with Gasteiger partial charge in [-0.05, 0) is 60.6 Å². The average molecular weight is 287 g/mol. The first-order chi connectivity index (χ1) is 10.1. The zero-order valence-corrected chi connectivity index (χ0v) is 11.4. The summed E-state index contributed by atoms with van der Waals surface area (Å²) in [5.41, 5.74) is 0.150. The number of Topliss-reactive ketones (excluding diaryl/α,β-unsaturated/α-hetero) is 1. The van der Waals surface area contributed by atoms with E-state index in [1.54, 1.807) is 0 Å². The van der Waals surface area contributed by atoms with E-state index in [4.69, 9.17) is 0 Å². The Morgan fingerprint density at radius 1 is 1.14 bits per heavy atom. The molecule has 2 nitrogen and oxygen atoms in total. The van der Waals surface area contributed by atoms with Crippen LogP contribution in [0.2, 0.25) is 0 Å². The maximum atomic E-state index is 13.3. The monoisotopic (exact) mass is 287 g/mol. The Bertz CT molecular complexity index is 629. The molecule has 1 aromatic carbocycles. The summed E-state index contributed by atoms with van der Waals surface area (Å²) in [7, 11) is 0. The van der Waals surface area contributed by atoms with Gasteiger partial charge in [0.15, 0.2) is 5.78 Å². The lowest BCUT2D eigenvalue weighted by atomic mass is 9.89. The normalized spacial score (nSPS) is 36.9. The van der Waals surface area contributed by atoms with Crippen LogP contribution in [-0.2, 0) is 4.79 Å². The van der Waals surface area contributed by atoms with Crippen molar-refractivity contribution >= 4 is 5.78 Å². The number of fused-ring (bicyclic) bond motifs is 5. The van der Waals surface area contributed by atoms with Crippen LogP contribution in [0.5, 0.6) is 0 Å². The highest BCUT2D eigenvalue weighted by atomic mass is 19.1. The number of rotatable bonds is 3. The lowest BCUT2D eigenvalue weighted by Gasteiger charge is -2.12. The van der Waals surface area contributed by atoms with Crippen LogP contribution in [0.4, 0.5) is 8.78 Å². The molecular formula is C17H15F2NO. The van der Waals surface area contributed by atoms with Crippen molar-refractivity contribution in [3.8, 4) is 6.07 Å². The summed E-state index contributed by atoms with van der Waals surface area (Å²) in [4.78, 5) is 12.6. The lowest BCUT2D eigenvalue weighted by Crippen LogP contribution is -2.18. The second kappa shape index (κ2) is 4.37. The summed E-state index contributed by atoms with van der Waals surface area (Å²) < 4.78 is 26.6. The Hall–Kier alpha value is -1.76. The van der Waals surface area contributed by atoms with E-state index in [1.807, 2.05) is 6.07 Å². The number of nitriles is 1. The average Bonchev–Trinajstić information content (AvgIpc) is 2.87. The van der Waals surface area contributed by atoms with Crippen molar-refractivity contribution in [3.63, 3.8) is 0 Å². The summed E-state index contributed by atoms with van der Waals surface area (Å²) in [6.45, 7) is 0. The summed E-state index contributed by atoms with van der Waals surface area (Å²) in [5.74, 6) is -0.555. The lowest BCUT2D eigenvalue weighted by molar-refractivity contribution is -0.121. The number of carbonyl (C=O) groups excluding carboxylic acids is 1. The highest BCUT2D eigenvalue weighted by Gasteiger charge is 2.67. The van der Waals surface area contributed by atoms with Gasteiger partial charge in [0.05, 0.1) is 6.07 Å². The Morgan fingerprint density at radius 3 is 2.24 bits per heavy atom. The molecule has 5 atom stereocenters. The third-order valence-corrected chi connectivity index (χ3v) is 5.70. The number of nitrogens with zero attached hydrogens (tertiary/aromatic N) is 1. The predicted octanol–water partition coefficient (Wildman–Crippen LogP) is 3.43. The predicted molar refractivity (Wildman–Crippen MR) is 71.0 cm³/mol. The van der Waals surface area contributed by atoms with Crippen molar-refractivity contribution in [2.24, 2.45) is 29.6 Å². The molecule has 4 rings (SSSR count). The highest BCUT2D eigenvalue weighted by molar-refractivity contribution is 5.93. The Kier molecular flexibility index (Phi) is 2.69. The maximum Gasteiger partial charge on any atom is 0.158 e. The molecule has 0 aromatic heterocycles. The fraction of sp³-hybridized carbons (Fsp3) is 0.529. The van der Waals surface area contributed by atoms with Crippen molar-refractivity contribution in [2.75, 3.05) is 0 Å². The molecule has 0 radical (unpaired) electrons. The molecule has 3 saturated carbocycles. The van der Waals surface area contributed by atoms with Crippen LogP contribution in [0, 0.1) is 52.6 Å². The van der Waals surface area contributed by atoms with Gasteiger partial charge in [0.25, 0.3) is 0 Å². The third-order valence-electron chi connectivity index (χ3n) is 5.70. The summed E-state index contributed by atoms with van der Waals surface area (Å²) in [5, 5.41) is 9.30. The topological polar surface area (TPSA) is 40.9 Å². The molecule has 0 saturated heterocycles. The molecule has 0 N–H and O–H groups in total. The van der Waals surface area contributed by atoms with Crippen molar-refractivity contribution < 1.29 is 13.6 Å². The SMILES string of the molecule is N#CC(C(=O)C1C2C3CCC(C3)C12)c1cc(F)cc(F)c1. The number of hydrogen-bond acceptors (Lipinski definition) is 2. The van der Waals surface area contributed by atoms with Crippen LogP contribution < -0.4 is 0 Å². The fourth-order valence-electron chi connectivity index (χ4n) is 4.94. The van der Waals surface area contributed by atoms with E-state index in [1.165, 1.54) is 19.3 Å². The minimum Gasteiger partial charge on any atom is -0.298 e. The Labute approximate surface area is 121 Å². The minimum atomic E-state index is -1.04. The highest BCUT2D eigenvalue weighted by Crippen LogP contribution is 2.70. The molecule has 108 valence electrons. The first-order valence-electron chi connectivity index (χ1n) is 7.49. The van der Waals surface area contributed by atoms with E-state index < -0.39 is 17.6 Å². The van der Waals surface area contributed by atoms with Crippen LogP contribution in [-0.4, -0.2) is 5.78 Å². The van der Waals surface area contributed by atoms with Crippen LogP contribution in [0.1, 0.15) is 30.7 Å². The molecule has 0 heterocycles. The van der Waals surface area contributed by atoms with E-state index in [9.17, 15) is 18.8 Å². The molecule has 5 unspecified atom stereocenters. The van der Waals surface area contributed by atoms with E-state index in [0.717, 1.165) is 18.2 Å². The molecule has 3 aliphatic rings. The van der Waals surface area contributed by atoms with Gasteiger partial charge in [-0.1, -0.05) is 0 Å². The zero-order chi connectivity index (χ0) is 14.7. The van der Waals surface area contributed by atoms with Gasteiger partial charge < -0.3 is 0 Å². The minimum absolute atomic E-state index is 0.0489. The van der Waals surface area contributed by atoms with Crippen molar-refractivity contribution in [2.45, 2.75) is 25.2 Å². The number of benzene rings is 1. The van der Waals surface area contributed by atoms with Crippen LogP contribution in [0.25, 0.3) is 0 Å². The van der Waals surface area contributed by atoms with Gasteiger partial charge >= 0.3 is 0 Å². The number of halogens is 2. The van der Waals surface area contributed by atoms with Gasteiger partial charge in [-0.25, -0.2) is 8.78 Å². The molecule has 3 fully saturated rings. The fourth-order valence-corrected chi connectivity index (χ4v) is 4.94. The molecule has 3 aliphatic carbocycles. The van der Waals surface area contributed by atoms with Crippen LogP contribution >= 0.6 is 0 Å². The molecule has 0 amide bonds. The smallest absolute Gasteiger partial charge is 0.158 e. The van der Waals surface area contributed by atoms with Gasteiger partial charge in [0.2, 0.25) is 0 Å². The second-order valence-corrected chi connectivity index (χ2v) is 6.68. The molecule has 2 bridgehead atoms. The van der Waals surface area contributed by atoms with Gasteiger partial charge in [0, 0.05) is 12.0 Å². The first kappa shape index (κ1) is 12.9. The molecular weight excluding hydrogens is 272 g/mol. The first-order valence-corrected chi connectivity index (χ1v) is 7.49. The molecule has 0 aliphatic heterocycles. The van der Waals surface area contributed by atoms with Crippen LogP contribution in [0.3, 0.4) is 0 Å². The Balaban J connectivity index is 1.60. The summed E-state index contributed by atoms with van der Waals surface area (Å²) in [6.07, 6.45) is 3.62. The van der Waals surface area contributed by atoms with Crippen molar-refractivity contribution in [3.05, 3.63) is 35.4 Å². The van der Waals surface area contributed by atoms with E-state index in [2.05, 4.69) is 0 Å². The van der Waals surface area contributed by atoms with E-state index in [0.29, 0.717) is 23.7 Å². The summed E-state index contributed by atoms with van der Waals surface area (Å²) >= 11 is 0. The van der Waals surface area contributed by atoms with Crippen LogP contribution in [0.15, 0.2) is 18.2 Å². The molecule has 1 aromatic rings.